The van der Waals surface area contributed by atoms with Crippen LogP contribution in [0.2, 0.25) is 0 Å². The number of fused-ring (bicyclic) bond motifs is 1. The standard InChI is InChI=1S/C21H22N2O3.C7H14FN/c1-3-16-14-17(26-13-12-24)10-11-23(16)19(4-2)18-9-8-15-6-5-7-20(25)21(15)22-18;1-2-9-5-3-4-7(8)6-9/h3-11,14,24-25H,12-13H2,1-2H3;7H,2-6H2,1H3/b16-3-,19-4-;. The van der Waals surface area contributed by atoms with E-state index in [2.05, 4.69) is 16.8 Å². The summed E-state index contributed by atoms with van der Waals surface area (Å²) in [4.78, 5) is 8.83. The molecule has 0 amide bonds. The molecule has 3 heterocycles. The number of phenols is 1. The minimum absolute atomic E-state index is 0.0231. The third kappa shape index (κ3) is 6.93. The van der Waals surface area contributed by atoms with Crippen molar-refractivity contribution in [3.63, 3.8) is 0 Å². The summed E-state index contributed by atoms with van der Waals surface area (Å²) in [6.07, 6.45) is 10.9. The van der Waals surface area contributed by atoms with Gasteiger partial charge in [-0.15, -0.1) is 0 Å². The lowest BCUT2D eigenvalue weighted by Gasteiger charge is -2.27. The number of aliphatic hydroxyl groups excluding tert-OH is 1. The lowest BCUT2D eigenvalue weighted by atomic mass is 10.1. The third-order valence-electron chi connectivity index (χ3n) is 6.00. The fourth-order valence-electron chi connectivity index (χ4n) is 4.16. The van der Waals surface area contributed by atoms with Crippen molar-refractivity contribution in [2.45, 2.75) is 39.8 Å². The molecule has 7 heteroatoms. The maximum Gasteiger partial charge on any atom is 0.141 e. The minimum atomic E-state index is -0.557. The zero-order valence-electron chi connectivity index (χ0n) is 20.8. The summed E-state index contributed by atoms with van der Waals surface area (Å²) in [5.41, 5.74) is 3.18. The quantitative estimate of drug-likeness (QED) is 0.578. The summed E-state index contributed by atoms with van der Waals surface area (Å²) in [5, 5.41) is 19.9. The van der Waals surface area contributed by atoms with Crippen molar-refractivity contribution in [3.05, 3.63) is 78.0 Å². The van der Waals surface area contributed by atoms with Gasteiger partial charge >= 0.3 is 0 Å². The smallest absolute Gasteiger partial charge is 0.141 e. The van der Waals surface area contributed by atoms with Crippen molar-refractivity contribution < 1.29 is 19.3 Å². The Kier molecular flexibility index (Phi) is 9.87. The van der Waals surface area contributed by atoms with Gasteiger partial charge in [0.1, 0.15) is 29.8 Å². The van der Waals surface area contributed by atoms with E-state index in [1.807, 2.05) is 67.5 Å². The Morgan fingerprint density at radius 2 is 2.09 bits per heavy atom. The average molecular weight is 482 g/mol. The summed E-state index contributed by atoms with van der Waals surface area (Å²) < 4.78 is 18.1. The predicted molar refractivity (Wildman–Crippen MR) is 139 cm³/mol. The molecule has 0 saturated carbocycles. The van der Waals surface area contributed by atoms with E-state index < -0.39 is 6.17 Å². The van der Waals surface area contributed by atoms with E-state index >= 15 is 0 Å². The number of phenolic OH excluding ortho intramolecular Hbond substituents is 1. The van der Waals surface area contributed by atoms with Gasteiger partial charge in [-0.25, -0.2) is 9.37 Å². The predicted octanol–water partition coefficient (Wildman–Crippen LogP) is 5.37. The number of aliphatic hydroxyl groups is 1. The molecule has 4 rings (SSSR count). The molecular weight excluding hydrogens is 445 g/mol. The van der Waals surface area contributed by atoms with Crippen molar-refractivity contribution in [1.29, 1.82) is 0 Å². The molecule has 6 nitrogen and oxygen atoms in total. The molecule has 2 aliphatic rings. The number of aromatic nitrogens is 1. The first-order valence-corrected chi connectivity index (χ1v) is 12.2. The number of nitrogens with zero attached hydrogens (tertiary/aromatic N) is 3. The number of aromatic hydroxyl groups is 1. The maximum absolute atomic E-state index is 12.6. The van der Waals surface area contributed by atoms with Crippen molar-refractivity contribution in [2.24, 2.45) is 0 Å². The molecule has 0 radical (unpaired) electrons. The molecule has 0 spiro atoms. The number of para-hydroxylation sites is 1. The van der Waals surface area contributed by atoms with Gasteiger partial charge in [0.15, 0.2) is 0 Å². The molecule has 35 heavy (non-hydrogen) atoms. The normalized spacial score (nSPS) is 20.0. The van der Waals surface area contributed by atoms with Crippen molar-refractivity contribution >= 4 is 16.6 Å². The Balaban J connectivity index is 0.000000320. The van der Waals surface area contributed by atoms with Crippen molar-refractivity contribution in [2.75, 3.05) is 32.8 Å². The van der Waals surface area contributed by atoms with Crippen LogP contribution in [0.4, 0.5) is 4.39 Å². The average Bonchev–Trinajstić information content (AvgIpc) is 2.89. The number of hydrogen-bond acceptors (Lipinski definition) is 6. The number of pyridine rings is 1. The number of likely N-dealkylation sites (tertiary alicyclic amines) is 1. The van der Waals surface area contributed by atoms with E-state index in [-0.39, 0.29) is 19.0 Å². The van der Waals surface area contributed by atoms with E-state index in [1.165, 1.54) is 0 Å². The molecule has 1 saturated heterocycles. The first-order chi connectivity index (χ1) is 17.0. The van der Waals surface area contributed by atoms with Crippen LogP contribution < -0.4 is 0 Å². The summed E-state index contributed by atoms with van der Waals surface area (Å²) in [6, 6.07) is 9.27. The van der Waals surface area contributed by atoms with Gasteiger partial charge in [0, 0.05) is 29.9 Å². The minimum Gasteiger partial charge on any atom is -0.506 e. The van der Waals surface area contributed by atoms with Crippen LogP contribution in [0.1, 0.15) is 39.3 Å². The molecule has 188 valence electrons. The highest BCUT2D eigenvalue weighted by molar-refractivity contribution is 5.86. The number of benzene rings is 1. The van der Waals surface area contributed by atoms with E-state index in [1.54, 1.807) is 12.1 Å². The Labute approximate surface area is 207 Å². The van der Waals surface area contributed by atoms with E-state index in [0.29, 0.717) is 17.8 Å². The van der Waals surface area contributed by atoms with Gasteiger partial charge in [-0.1, -0.05) is 37.3 Å². The van der Waals surface area contributed by atoms with Crippen LogP contribution in [0.15, 0.2) is 72.3 Å². The largest absolute Gasteiger partial charge is 0.506 e. The SMILES string of the molecule is C/C=C1/C=C(OCCO)C=CN1/C(=C\C)c1ccc2cccc(O)c2n1.CCN1CCCC(F)C1. The number of hydrogen-bond donors (Lipinski definition) is 2. The maximum atomic E-state index is 12.6. The molecule has 2 N–H and O–H groups in total. The molecule has 2 aromatic rings. The summed E-state index contributed by atoms with van der Waals surface area (Å²) in [5.74, 6) is 0.864. The number of piperidine rings is 1. The first-order valence-electron chi connectivity index (χ1n) is 12.2. The summed E-state index contributed by atoms with van der Waals surface area (Å²) in [6.45, 7) is 8.98. The number of alkyl halides is 1. The van der Waals surface area contributed by atoms with Gasteiger partial charge in [0.25, 0.3) is 0 Å². The van der Waals surface area contributed by atoms with E-state index in [4.69, 9.17) is 9.84 Å². The Hall–Kier alpha value is -3.16. The Bertz CT molecular complexity index is 1110. The van der Waals surface area contributed by atoms with Crippen LogP contribution in [-0.4, -0.2) is 64.0 Å². The number of rotatable bonds is 6. The molecule has 1 aromatic carbocycles. The van der Waals surface area contributed by atoms with Gasteiger partial charge in [0.2, 0.25) is 0 Å². The lowest BCUT2D eigenvalue weighted by molar-refractivity contribution is 0.144. The molecule has 1 atom stereocenters. The lowest BCUT2D eigenvalue weighted by Crippen LogP contribution is -2.35. The van der Waals surface area contributed by atoms with Crippen molar-refractivity contribution in [1.82, 2.24) is 14.8 Å². The zero-order chi connectivity index (χ0) is 25.2. The second-order valence-corrected chi connectivity index (χ2v) is 8.37. The van der Waals surface area contributed by atoms with Crippen LogP contribution in [0.3, 0.4) is 0 Å². The number of allylic oxidation sites excluding steroid dienone is 4. The third-order valence-corrected chi connectivity index (χ3v) is 6.00. The molecule has 0 bridgehead atoms. The summed E-state index contributed by atoms with van der Waals surface area (Å²) >= 11 is 0. The van der Waals surface area contributed by atoms with Crippen LogP contribution in [-0.2, 0) is 4.74 Å². The van der Waals surface area contributed by atoms with Crippen molar-refractivity contribution in [3.8, 4) is 5.75 Å². The van der Waals surface area contributed by atoms with E-state index in [0.717, 1.165) is 48.4 Å². The molecule has 2 aliphatic heterocycles. The Morgan fingerprint density at radius 1 is 1.26 bits per heavy atom. The molecule has 1 fully saturated rings. The Morgan fingerprint density at radius 3 is 2.74 bits per heavy atom. The first kappa shape index (κ1) is 26.4. The van der Waals surface area contributed by atoms with Gasteiger partial charge in [-0.3, -0.25) is 0 Å². The molecule has 1 aromatic heterocycles. The fraction of sp³-hybridized carbons (Fsp3) is 0.393. The molecule has 0 aliphatic carbocycles. The van der Waals surface area contributed by atoms with Crippen LogP contribution in [0.5, 0.6) is 5.75 Å². The fourth-order valence-corrected chi connectivity index (χ4v) is 4.16. The van der Waals surface area contributed by atoms with Crippen LogP contribution >= 0.6 is 0 Å². The number of halogens is 1. The second-order valence-electron chi connectivity index (χ2n) is 8.37. The molecular formula is C28H36FN3O3. The van der Waals surface area contributed by atoms with Crippen LogP contribution in [0.25, 0.3) is 16.6 Å². The topological polar surface area (TPSA) is 69.1 Å². The number of ether oxygens (including phenoxy) is 1. The highest BCUT2D eigenvalue weighted by Gasteiger charge is 2.18. The van der Waals surface area contributed by atoms with Gasteiger partial charge in [0.05, 0.1) is 18.0 Å². The van der Waals surface area contributed by atoms with E-state index in [9.17, 15) is 9.50 Å². The second kappa shape index (κ2) is 13.1. The monoisotopic (exact) mass is 481 g/mol. The van der Waals surface area contributed by atoms with Gasteiger partial charge < -0.3 is 24.7 Å². The highest BCUT2D eigenvalue weighted by atomic mass is 19.1. The van der Waals surface area contributed by atoms with Gasteiger partial charge in [-0.05, 0) is 58.0 Å². The van der Waals surface area contributed by atoms with Crippen LogP contribution in [0, 0.1) is 0 Å². The zero-order valence-corrected chi connectivity index (χ0v) is 20.8. The highest BCUT2D eigenvalue weighted by Crippen LogP contribution is 2.30. The molecule has 1 unspecified atom stereocenters. The summed E-state index contributed by atoms with van der Waals surface area (Å²) in [7, 11) is 0. The van der Waals surface area contributed by atoms with Gasteiger partial charge in [-0.2, -0.15) is 0 Å².